The molecule has 100 valence electrons. The van der Waals surface area contributed by atoms with Crippen LogP contribution in [0.4, 0.5) is 11.8 Å². The maximum absolute atomic E-state index is 9.32. The molecule has 0 radical (unpaired) electrons. The highest BCUT2D eigenvalue weighted by atomic mass is 16.3. The molecule has 0 saturated heterocycles. The van der Waals surface area contributed by atoms with Crippen molar-refractivity contribution >= 4 is 11.8 Å². The van der Waals surface area contributed by atoms with Gasteiger partial charge in [0.2, 0.25) is 5.95 Å². The van der Waals surface area contributed by atoms with Crippen LogP contribution in [-0.2, 0) is 0 Å². The lowest BCUT2D eigenvalue weighted by atomic mass is 9.80. The Morgan fingerprint density at radius 1 is 1.50 bits per heavy atom. The topological polar surface area (TPSA) is 104 Å². The van der Waals surface area contributed by atoms with Crippen LogP contribution in [0.1, 0.15) is 37.8 Å². The molecule has 0 aromatic carbocycles. The average molecular weight is 252 g/mol. The van der Waals surface area contributed by atoms with Crippen LogP contribution in [0.2, 0.25) is 0 Å². The average Bonchev–Trinajstić information content (AvgIpc) is 2.31. The van der Waals surface area contributed by atoms with E-state index in [2.05, 4.69) is 15.3 Å². The van der Waals surface area contributed by atoms with E-state index < -0.39 is 0 Å². The largest absolute Gasteiger partial charge is 0.394 e. The lowest BCUT2D eigenvalue weighted by Gasteiger charge is -2.31. The maximum atomic E-state index is 9.32. The zero-order valence-electron chi connectivity index (χ0n) is 10.5. The number of aromatic nitrogens is 2. The number of nitrogens with zero attached hydrogens (tertiary/aromatic N) is 2. The van der Waals surface area contributed by atoms with Gasteiger partial charge < -0.3 is 21.3 Å². The van der Waals surface area contributed by atoms with Gasteiger partial charge in [-0.1, -0.05) is 6.92 Å². The minimum atomic E-state index is -0.219. The molecule has 6 heteroatoms. The number of aliphatic hydroxyl groups excluding tert-OH is 2. The molecule has 1 aliphatic rings. The van der Waals surface area contributed by atoms with Crippen LogP contribution in [0.5, 0.6) is 0 Å². The Balaban J connectivity index is 2.11. The zero-order chi connectivity index (χ0) is 13.1. The number of nitrogens with two attached hydrogens (primary N) is 1. The lowest BCUT2D eigenvalue weighted by molar-refractivity contribution is 0.0732. The number of nitrogens with one attached hydrogen (secondary N) is 1. The predicted octanol–water partition coefficient (Wildman–Crippen LogP) is 0.480. The molecule has 6 nitrogen and oxygen atoms in total. The first-order valence-electron chi connectivity index (χ1n) is 6.32. The third kappa shape index (κ3) is 2.88. The number of hydrogen-bond donors (Lipinski definition) is 4. The van der Waals surface area contributed by atoms with Crippen LogP contribution in [0, 0.1) is 0 Å². The fraction of sp³-hybridized carbons (Fsp3) is 0.667. The molecule has 2 rings (SSSR count). The van der Waals surface area contributed by atoms with Gasteiger partial charge in [0.05, 0.1) is 24.4 Å². The number of hydrogen-bond acceptors (Lipinski definition) is 6. The summed E-state index contributed by atoms with van der Waals surface area (Å²) in [6.07, 6.45) is 2.04. The summed E-state index contributed by atoms with van der Waals surface area (Å²) in [6, 6.07) is 1.82. The van der Waals surface area contributed by atoms with Crippen molar-refractivity contribution in [1.82, 2.24) is 9.97 Å². The lowest BCUT2D eigenvalue weighted by Crippen LogP contribution is -2.28. The second kappa shape index (κ2) is 5.49. The van der Waals surface area contributed by atoms with Crippen LogP contribution in [0.15, 0.2) is 6.07 Å². The number of aliphatic hydroxyl groups is 2. The van der Waals surface area contributed by atoms with Crippen LogP contribution >= 0.6 is 0 Å². The summed E-state index contributed by atoms with van der Waals surface area (Å²) in [4.78, 5) is 8.31. The van der Waals surface area contributed by atoms with Gasteiger partial charge in [-0.2, -0.15) is 4.98 Å². The fourth-order valence-corrected chi connectivity index (χ4v) is 2.08. The summed E-state index contributed by atoms with van der Waals surface area (Å²) in [7, 11) is 0. The third-order valence-corrected chi connectivity index (χ3v) is 3.36. The molecule has 0 unspecified atom stereocenters. The molecule has 1 aromatic rings. The van der Waals surface area contributed by atoms with E-state index in [9.17, 15) is 5.11 Å². The molecule has 0 bridgehead atoms. The fourth-order valence-electron chi connectivity index (χ4n) is 2.08. The third-order valence-electron chi connectivity index (χ3n) is 3.36. The maximum Gasteiger partial charge on any atom is 0.222 e. The van der Waals surface area contributed by atoms with Crippen molar-refractivity contribution in [2.45, 2.75) is 44.2 Å². The van der Waals surface area contributed by atoms with Crippen LogP contribution in [0.25, 0.3) is 0 Å². The second-order valence-corrected chi connectivity index (χ2v) is 4.79. The van der Waals surface area contributed by atoms with Crippen molar-refractivity contribution in [3.05, 3.63) is 11.8 Å². The highest BCUT2D eigenvalue weighted by Crippen LogP contribution is 2.36. The molecule has 1 atom stereocenters. The van der Waals surface area contributed by atoms with Gasteiger partial charge >= 0.3 is 0 Å². The van der Waals surface area contributed by atoms with E-state index >= 15 is 0 Å². The van der Waals surface area contributed by atoms with Gasteiger partial charge in [-0.3, -0.25) is 0 Å². The Labute approximate surface area is 106 Å². The summed E-state index contributed by atoms with van der Waals surface area (Å²) in [6.45, 7) is 2.04. The molecule has 5 N–H and O–H groups in total. The van der Waals surface area contributed by atoms with Gasteiger partial charge in [-0.05, 0) is 19.3 Å². The molecule has 1 aliphatic carbocycles. The smallest absolute Gasteiger partial charge is 0.222 e. The van der Waals surface area contributed by atoms with E-state index in [0.717, 1.165) is 25.0 Å². The molecule has 0 amide bonds. The van der Waals surface area contributed by atoms with Crippen molar-refractivity contribution in [2.75, 3.05) is 17.7 Å². The van der Waals surface area contributed by atoms with Gasteiger partial charge in [0.15, 0.2) is 0 Å². The first-order chi connectivity index (χ1) is 8.62. The van der Waals surface area contributed by atoms with Crippen molar-refractivity contribution in [3.8, 4) is 0 Å². The van der Waals surface area contributed by atoms with Crippen molar-refractivity contribution < 1.29 is 10.2 Å². The summed E-state index contributed by atoms with van der Waals surface area (Å²) in [5, 5.41) is 21.6. The van der Waals surface area contributed by atoms with Crippen molar-refractivity contribution in [2.24, 2.45) is 0 Å². The predicted molar refractivity (Wildman–Crippen MR) is 69.2 cm³/mol. The summed E-state index contributed by atoms with van der Waals surface area (Å²) in [5.74, 6) is 1.13. The molecule has 1 fully saturated rings. The SMILES string of the molecule is CC[C@H](CO)Nc1cc(C2CC(O)C2)nc(N)n1. The molecular formula is C12H20N4O2. The van der Waals surface area contributed by atoms with E-state index in [1.807, 2.05) is 13.0 Å². The van der Waals surface area contributed by atoms with Crippen molar-refractivity contribution in [3.63, 3.8) is 0 Å². The standard InChI is InChI=1S/C12H20N4O2/c1-2-8(6-17)14-11-5-10(15-12(13)16-11)7-3-9(18)4-7/h5,7-9,17-18H,2-4,6H2,1H3,(H3,13,14,15,16)/t7?,8-,9?/m1/s1. The zero-order valence-corrected chi connectivity index (χ0v) is 10.5. The molecule has 0 aliphatic heterocycles. The summed E-state index contributed by atoms with van der Waals surface area (Å²) in [5.41, 5.74) is 6.55. The van der Waals surface area contributed by atoms with Crippen LogP contribution in [-0.4, -0.2) is 38.9 Å². The van der Waals surface area contributed by atoms with Gasteiger partial charge in [0.1, 0.15) is 5.82 Å². The van der Waals surface area contributed by atoms with E-state index in [1.165, 1.54) is 0 Å². The molecule has 18 heavy (non-hydrogen) atoms. The van der Waals surface area contributed by atoms with Crippen LogP contribution in [0.3, 0.4) is 0 Å². The molecular weight excluding hydrogens is 232 g/mol. The number of anilines is 2. The van der Waals surface area contributed by atoms with E-state index in [0.29, 0.717) is 5.82 Å². The molecule has 1 aromatic heterocycles. The Morgan fingerprint density at radius 2 is 2.22 bits per heavy atom. The van der Waals surface area contributed by atoms with Gasteiger partial charge in [-0.25, -0.2) is 4.98 Å². The minimum Gasteiger partial charge on any atom is -0.394 e. The van der Waals surface area contributed by atoms with E-state index in [-0.39, 0.29) is 30.6 Å². The summed E-state index contributed by atoms with van der Waals surface area (Å²) >= 11 is 0. The van der Waals surface area contributed by atoms with Gasteiger partial charge in [-0.15, -0.1) is 0 Å². The van der Waals surface area contributed by atoms with Crippen molar-refractivity contribution in [1.29, 1.82) is 0 Å². The van der Waals surface area contributed by atoms with E-state index in [1.54, 1.807) is 0 Å². The normalized spacial score (nSPS) is 24.4. The Kier molecular flexibility index (Phi) is 3.98. The minimum absolute atomic E-state index is 0.0286. The monoisotopic (exact) mass is 252 g/mol. The Hall–Kier alpha value is -1.40. The Bertz CT molecular complexity index is 403. The second-order valence-electron chi connectivity index (χ2n) is 4.79. The van der Waals surface area contributed by atoms with E-state index in [4.69, 9.17) is 10.8 Å². The Morgan fingerprint density at radius 3 is 2.78 bits per heavy atom. The van der Waals surface area contributed by atoms with Crippen LogP contribution < -0.4 is 11.1 Å². The number of rotatable bonds is 5. The van der Waals surface area contributed by atoms with Gasteiger partial charge in [0.25, 0.3) is 0 Å². The molecule has 0 spiro atoms. The number of nitrogen functional groups attached to an aromatic ring is 1. The molecule has 1 saturated carbocycles. The first kappa shape index (κ1) is 13.0. The highest BCUT2D eigenvalue weighted by Gasteiger charge is 2.30. The quantitative estimate of drug-likeness (QED) is 0.607. The summed E-state index contributed by atoms with van der Waals surface area (Å²) < 4.78 is 0. The highest BCUT2D eigenvalue weighted by molar-refractivity contribution is 5.42. The van der Waals surface area contributed by atoms with Gasteiger partial charge in [0, 0.05) is 12.0 Å². The molecule has 1 heterocycles. The first-order valence-corrected chi connectivity index (χ1v) is 6.32.